The molecule has 0 bridgehead atoms. The Balaban J connectivity index is 1.98. The van der Waals surface area contributed by atoms with E-state index in [9.17, 15) is 27.6 Å². The number of alkyl carbamates (subject to hydrolysis) is 1. The molecule has 35 heavy (non-hydrogen) atoms. The number of hydrogen-bond acceptors (Lipinski definition) is 5. The third kappa shape index (κ3) is 10.5. The van der Waals surface area contributed by atoms with E-state index >= 15 is 0 Å². The monoisotopic (exact) mass is 494 g/mol. The topological polar surface area (TPSA) is 93.7 Å². The number of amides is 2. The number of carbonyl (C=O) groups is 3. The Bertz CT molecular complexity index is 987. The summed E-state index contributed by atoms with van der Waals surface area (Å²) in [5, 5.41) is 5.01. The summed E-state index contributed by atoms with van der Waals surface area (Å²) in [4.78, 5) is 37.1. The second-order valence-corrected chi connectivity index (χ2v) is 8.80. The number of hydrogen-bond donors (Lipinski definition) is 2. The number of alkyl halides is 3. The number of nitrogens with one attached hydrogen (secondary N) is 2. The van der Waals surface area contributed by atoms with Crippen molar-refractivity contribution in [1.29, 1.82) is 0 Å². The van der Waals surface area contributed by atoms with E-state index in [1.54, 1.807) is 45.0 Å². The van der Waals surface area contributed by atoms with Crippen molar-refractivity contribution in [1.82, 2.24) is 10.6 Å². The fourth-order valence-corrected chi connectivity index (χ4v) is 2.95. The quantitative estimate of drug-likeness (QED) is 0.492. The lowest BCUT2D eigenvalue weighted by Crippen LogP contribution is -2.47. The second-order valence-electron chi connectivity index (χ2n) is 8.80. The Morgan fingerprint density at radius 1 is 0.914 bits per heavy atom. The van der Waals surface area contributed by atoms with Crippen molar-refractivity contribution in [2.45, 2.75) is 64.6 Å². The Labute approximate surface area is 202 Å². The molecule has 2 aromatic carbocycles. The predicted octanol–water partition coefficient (Wildman–Crippen LogP) is 4.74. The van der Waals surface area contributed by atoms with Crippen LogP contribution in [0.5, 0.6) is 0 Å². The molecule has 2 N–H and O–H groups in total. The van der Waals surface area contributed by atoms with Crippen LogP contribution in [0, 0.1) is 0 Å². The van der Waals surface area contributed by atoms with E-state index in [1.807, 2.05) is 6.07 Å². The molecule has 0 aliphatic carbocycles. The fraction of sp³-hybridized carbons (Fsp3) is 0.400. The van der Waals surface area contributed by atoms with E-state index in [0.29, 0.717) is 5.56 Å². The lowest BCUT2D eigenvalue weighted by atomic mass is 10.1. The number of halogens is 3. The molecule has 0 aliphatic heterocycles. The number of rotatable bonds is 9. The summed E-state index contributed by atoms with van der Waals surface area (Å²) in [5.41, 5.74) is -0.325. The van der Waals surface area contributed by atoms with Gasteiger partial charge in [-0.3, -0.25) is 9.59 Å². The third-order valence-electron chi connectivity index (χ3n) is 4.63. The first kappa shape index (κ1) is 27.7. The van der Waals surface area contributed by atoms with Crippen LogP contribution in [-0.2, 0) is 38.4 Å². The van der Waals surface area contributed by atoms with E-state index in [2.05, 4.69) is 10.6 Å². The number of ether oxygens (including phenoxy) is 2. The molecular formula is C25H29F3N2O5. The highest BCUT2D eigenvalue weighted by Crippen LogP contribution is 2.29. The first-order valence-electron chi connectivity index (χ1n) is 11.0. The summed E-state index contributed by atoms with van der Waals surface area (Å²) < 4.78 is 48.6. The van der Waals surface area contributed by atoms with Gasteiger partial charge in [-0.1, -0.05) is 42.5 Å². The average molecular weight is 495 g/mol. The number of carbonyl (C=O) groups excluding carboxylic acids is 3. The lowest BCUT2D eigenvalue weighted by Gasteiger charge is -2.21. The molecule has 7 nitrogen and oxygen atoms in total. The van der Waals surface area contributed by atoms with E-state index in [-0.39, 0.29) is 26.0 Å². The summed E-state index contributed by atoms with van der Waals surface area (Å²) in [6.07, 6.45) is -5.52. The van der Waals surface area contributed by atoms with E-state index < -0.39 is 41.4 Å². The molecule has 190 valence electrons. The third-order valence-corrected chi connectivity index (χ3v) is 4.63. The molecule has 0 saturated carbocycles. The molecule has 2 aromatic rings. The van der Waals surface area contributed by atoms with Crippen molar-refractivity contribution in [3.8, 4) is 0 Å². The van der Waals surface area contributed by atoms with Crippen LogP contribution in [0.2, 0.25) is 0 Å². The van der Waals surface area contributed by atoms with Gasteiger partial charge in [0.15, 0.2) is 0 Å². The zero-order valence-corrected chi connectivity index (χ0v) is 19.8. The van der Waals surface area contributed by atoms with Crippen LogP contribution >= 0.6 is 0 Å². The fourth-order valence-electron chi connectivity index (χ4n) is 2.95. The Kier molecular flexibility index (Phi) is 9.68. The van der Waals surface area contributed by atoms with Gasteiger partial charge in [0.2, 0.25) is 5.91 Å². The summed E-state index contributed by atoms with van der Waals surface area (Å²) in [6, 6.07) is 12.1. The smallest absolute Gasteiger partial charge is 0.416 e. The van der Waals surface area contributed by atoms with E-state index in [0.717, 1.165) is 17.7 Å². The second kappa shape index (κ2) is 12.2. The molecule has 0 aliphatic rings. The predicted molar refractivity (Wildman–Crippen MR) is 122 cm³/mol. The number of esters is 1. The van der Waals surface area contributed by atoms with Gasteiger partial charge in [-0.15, -0.1) is 0 Å². The van der Waals surface area contributed by atoms with Crippen molar-refractivity contribution >= 4 is 18.0 Å². The molecule has 1 unspecified atom stereocenters. The van der Waals surface area contributed by atoms with E-state index in [4.69, 9.17) is 9.47 Å². The maximum Gasteiger partial charge on any atom is 0.416 e. The average Bonchev–Trinajstić information content (AvgIpc) is 2.78. The van der Waals surface area contributed by atoms with Crippen LogP contribution in [-0.4, -0.2) is 29.6 Å². The van der Waals surface area contributed by atoms with Gasteiger partial charge in [0.05, 0.1) is 5.56 Å². The van der Waals surface area contributed by atoms with Crippen LogP contribution in [0.1, 0.15) is 50.3 Å². The number of benzene rings is 2. The summed E-state index contributed by atoms with van der Waals surface area (Å²) in [5.74, 6) is -1.16. The first-order chi connectivity index (χ1) is 16.3. The first-order valence-corrected chi connectivity index (χ1v) is 11.0. The molecular weight excluding hydrogens is 465 g/mol. The molecule has 0 spiro atoms. The lowest BCUT2D eigenvalue weighted by molar-refractivity contribution is -0.155. The minimum Gasteiger partial charge on any atom is -0.460 e. The van der Waals surface area contributed by atoms with Gasteiger partial charge in [-0.05, 0) is 50.5 Å². The van der Waals surface area contributed by atoms with Crippen molar-refractivity contribution in [2.75, 3.05) is 0 Å². The highest BCUT2D eigenvalue weighted by Gasteiger charge is 2.30. The zero-order chi connectivity index (χ0) is 26.1. The van der Waals surface area contributed by atoms with E-state index in [1.165, 1.54) is 12.1 Å². The van der Waals surface area contributed by atoms with Gasteiger partial charge >= 0.3 is 18.2 Å². The van der Waals surface area contributed by atoms with Crippen molar-refractivity contribution in [3.05, 3.63) is 71.3 Å². The summed E-state index contributed by atoms with van der Waals surface area (Å²) in [6.45, 7) is 5.04. The van der Waals surface area contributed by atoms with Crippen LogP contribution in [0.15, 0.2) is 54.6 Å². The van der Waals surface area contributed by atoms with Gasteiger partial charge in [0.25, 0.3) is 0 Å². The SMILES string of the molecule is CC(C)(C)OC(=O)CCC(NC(=O)OCc1ccccc1)C(=O)NCc1ccc(C(F)(F)F)cc1. The molecule has 2 rings (SSSR count). The molecule has 2 amide bonds. The molecule has 0 heterocycles. The molecule has 0 saturated heterocycles. The van der Waals surface area contributed by atoms with Crippen LogP contribution < -0.4 is 10.6 Å². The van der Waals surface area contributed by atoms with Crippen LogP contribution in [0.3, 0.4) is 0 Å². The standard InChI is InChI=1S/C25H29F3N2O5/c1-24(2,3)35-21(31)14-13-20(30-23(33)34-16-18-7-5-4-6-8-18)22(32)29-15-17-9-11-19(12-10-17)25(26,27)28/h4-12,20H,13-16H2,1-3H3,(H,29,32)(H,30,33). The largest absolute Gasteiger partial charge is 0.460 e. The normalized spacial score (nSPS) is 12.4. The van der Waals surface area contributed by atoms with Crippen molar-refractivity contribution in [3.63, 3.8) is 0 Å². The van der Waals surface area contributed by atoms with Crippen molar-refractivity contribution in [2.24, 2.45) is 0 Å². The molecule has 0 radical (unpaired) electrons. The minimum atomic E-state index is -4.46. The molecule has 1 atom stereocenters. The molecule has 0 aromatic heterocycles. The van der Waals surface area contributed by atoms with Crippen molar-refractivity contribution < 1.29 is 37.0 Å². The van der Waals surface area contributed by atoms with Crippen LogP contribution in [0.4, 0.5) is 18.0 Å². The zero-order valence-electron chi connectivity index (χ0n) is 19.8. The molecule has 0 fully saturated rings. The molecule has 10 heteroatoms. The van der Waals surface area contributed by atoms with Gasteiger partial charge < -0.3 is 20.1 Å². The Morgan fingerprint density at radius 2 is 1.54 bits per heavy atom. The Morgan fingerprint density at radius 3 is 2.11 bits per heavy atom. The van der Waals surface area contributed by atoms with Crippen LogP contribution in [0.25, 0.3) is 0 Å². The van der Waals surface area contributed by atoms with Gasteiger partial charge in [0.1, 0.15) is 18.2 Å². The minimum absolute atomic E-state index is 0.0152. The maximum absolute atomic E-state index is 12.7. The Hall–Kier alpha value is -3.56. The van der Waals surface area contributed by atoms with Gasteiger partial charge in [0, 0.05) is 13.0 Å². The summed E-state index contributed by atoms with van der Waals surface area (Å²) >= 11 is 0. The highest BCUT2D eigenvalue weighted by atomic mass is 19.4. The van der Waals surface area contributed by atoms with Gasteiger partial charge in [-0.25, -0.2) is 4.79 Å². The highest BCUT2D eigenvalue weighted by molar-refractivity contribution is 5.86. The van der Waals surface area contributed by atoms with Gasteiger partial charge in [-0.2, -0.15) is 13.2 Å². The maximum atomic E-state index is 12.7. The summed E-state index contributed by atoms with van der Waals surface area (Å²) in [7, 11) is 0.